The Kier molecular flexibility index (Phi) is 4.13. The minimum atomic E-state index is -1.19. The van der Waals surface area contributed by atoms with Crippen LogP contribution >= 0.6 is 0 Å². The Hall–Kier alpha value is -1.82. The van der Waals surface area contributed by atoms with Crippen LogP contribution in [0.1, 0.15) is 23.2 Å². The van der Waals surface area contributed by atoms with Gasteiger partial charge in [0, 0.05) is 19.1 Å². The highest BCUT2D eigenvalue weighted by atomic mass is 19.1. The lowest BCUT2D eigenvalue weighted by atomic mass is 10.1. The summed E-state index contributed by atoms with van der Waals surface area (Å²) >= 11 is 0. The van der Waals surface area contributed by atoms with Crippen molar-refractivity contribution in [1.29, 1.82) is 0 Å². The average Bonchev–Trinajstić information content (AvgIpc) is 2.79. The number of anilines is 2. The Morgan fingerprint density at radius 1 is 1.55 bits per heavy atom. The minimum absolute atomic E-state index is 0.129. The van der Waals surface area contributed by atoms with Crippen LogP contribution in [0.4, 0.5) is 15.8 Å². The third kappa shape index (κ3) is 2.70. The van der Waals surface area contributed by atoms with E-state index >= 15 is 0 Å². The molecule has 1 unspecified atom stereocenters. The maximum Gasteiger partial charge on any atom is 0.340 e. The smallest absolute Gasteiger partial charge is 0.340 e. The Morgan fingerprint density at radius 3 is 2.85 bits per heavy atom. The van der Waals surface area contributed by atoms with Crippen molar-refractivity contribution in [3.63, 3.8) is 0 Å². The third-order valence-electron chi connectivity index (χ3n) is 3.65. The van der Waals surface area contributed by atoms with Gasteiger partial charge in [-0.05, 0) is 39.1 Å². The van der Waals surface area contributed by atoms with E-state index in [1.165, 1.54) is 12.1 Å². The van der Waals surface area contributed by atoms with Gasteiger partial charge in [-0.15, -0.1) is 0 Å². The summed E-state index contributed by atoms with van der Waals surface area (Å²) in [5, 5.41) is 9.32. The first-order chi connectivity index (χ1) is 9.41. The molecule has 1 aromatic rings. The van der Waals surface area contributed by atoms with Gasteiger partial charge in [0.15, 0.2) is 0 Å². The highest BCUT2D eigenvalue weighted by molar-refractivity contribution is 6.00. The number of halogens is 1. The van der Waals surface area contributed by atoms with Crippen molar-refractivity contribution in [2.24, 2.45) is 0 Å². The second-order valence-electron chi connectivity index (χ2n) is 5.41. The molecule has 2 rings (SSSR count). The van der Waals surface area contributed by atoms with Crippen molar-refractivity contribution in [3.8, 4) is 0 Å². The molecule has 1 heterocycles. The van der Waals surface area contributed by atoms with E-state index in [-0.39, 0.29) is 17.3 Å². The van der Waals surface area contributed by atoms with Crippen LogP contribution in [0.15, 0.2) is 12.1 Å². The molecule has 1 saturated heterocycles. The number of hydrogen-bond donors (Lipinski definition) is 2. The lowest BCUT2D eigenvalue weighted by Crippen LogP contribution is -2.38. The number of nitrogen functional groups attached to an aromatic ring is 1. The van der Waals surface area contributed by atoms with E-state index in [1.54, 1.807) is 0 Å². The zero-order chi connectivity index (χ0) is 14.9. The van der Waals surface area contributed by atoms with Crippen LogP contribution in [-0.2, 0) is 0 Å². The molecule has 5 nitrogen and oxygen atoms in total. The molecular weight excluding hydrogens is 261 g/mol. The summed E-state index contributed by atoms with van der Waals surface area (Å²) in [7, 11) is 3.96. The first kappa shape index (κ1) is 14.6. The van der Waals surface area contributed by atoms with E-state index in [4.69, 9.17) is 5.73 Å². The second-order valence-corrected chi connectivity index (χ2v) is 5.41. The molecule has 0 saturated carbocycles. The Morgan fingerprint density at radius 2 is 2.25 bits per heavy atom. The number of likely N-dealkylation sites (N-methyl/N-ethyl adjacent to an activating group) is 1. The first-order valence-corrected chi connectivity index (χ1v) is 6.64. The standard InChI is InChI=1S/C14H20FN3O2/c1-17(2)8-9-4-3-7-18(9)11-6-5-10(15)13(16)12(11)14(19)20/h5-6,9H,3-4,7-8,16H2,1-2H3,(H,19,20). The molecule has 6 heteroatoms. The van der Waals surface area contributed by atoms with Gasteiger partial charge in [-0.3, -0.25) is 0 Å². The van der Waals surface area contributed by atoms with Gasteiger partial charge in [-0.2, -0.15) is 0 Å². The Labute approximate surface area is 117 Å². The maximum absolute atomic E-state index is 13.5. The van der Waals surface area contributed by atoms with E-state index in [1.807, 2.05) is 19.0 Å². The maximum atomic E-state index is 13.5. The number of carbonyl (C=O) groups is 1. The van der Waals surface area contributed by atoms with Crippen LogP contribution in [0.3, 0.4) is 0 Å². The van der Waals surface area contributed by atoms with Crippen LogP contribution in [0.25, 0.3) is 0 Å². The molecule has 0 spiro atoms. The van der Waals surface area contributed by atoms with E-state index in [2.05, 4.69) is 4.90 Å². The Balaban J connectivity index is 2.41. The van der Waals surface area contributed by atoms with Crippen molar-refractivity contribution >= 4 is 17.3 Å². The zero-order valence-corrected chi connectivity index (χ0v) is 11.8. The predicted octanol–water partition coefficient (Wildman–Crippen LogP) is 1.64. The van der Waals surface area contributed by atoms with E-state index in [0.29, 0.717) is 5.69 Å². The molecular formula is C14H20FN3O2. The molecule has 0 amide bonds. The fourth-order valence-corrected chi connectivity index (χ4v) is 2.81. The van der Waals surface area contributed by atoms with Gasteiger partial charge >= 0.3 is 5.97 Å². The fourth-order valence-electron chi connectivity index (χ4n) is 2.81. The lowest BCUT2D eigenvalue weighted by molar-refractivity contribution is 0.0698. The number of carboxylic acid groups (broad SMARTS) is 1. The van der Waals surface area contributed by atoms with E-state index < -0.39 is 11.8 Å². The summed E-state index contributed by atoms with van der Waals surface area (Å²) < 4.78 is 13.5. The number of nitrogens with two attached hydrogens (primary N) is 1. The van der Waals surface area contributed by atoms with E-state index in [9.17, 15) is 14.3 Å². The largest absolute Gasteiger partial charge is 0.478 e. The highest BCUT2D eigenvalue weighted by Gasteiger charge is 2.29. The summed E-state index contributed by atoms with van der Waals surface area (Å²) in [5.74, 6) is -1.87. The molecule has 1 fully saturated rings. The molecule has 110 valence electrons. The number of rotatable bonds is 4. The van der Waals surface area contributed by atoms with Crippen molar-refractivity contribution in [3.05, 3.63) is 23.5 Å². The monoisotopic (exact) mass is 281 g/mol. The van der Waals surface area contributed by atoms with Gasteiger partial charge in [-0.1, -0.05) is 0 Å². The van der Waals surface area contributed by atoms with Gasteiger partial charge in [0.05, 0.1) is 11.4 Å². The van der Waals surface area contributed by atoms with Crippen LogP contribution in [-0.4, -0.2) is 49.2 Å². The number of carboxylic acids is 1. The van der Waals surface area contributed by atoms with Crippen LogP contribution < -0.4 is 10.6 Å². The van der Waals surface area contributed by atoms with Gasteiger partial charge in [0.25, 0.3) is 0 Å². The van der Waals surface area contributed by atoms with Crippen molar-refractivity contribution in [2.75, 3.05) is 37.8 Å². The van der Waals surface area contributed by atoms with Gasteiger partial charge in [-0.25, -0.2) is 9.18 Å². The molecule has 1 atom stereocenters. The lowest BCUT2D eigenvalue weighted by Gasteiger charge is -2.30. The number of hydrogen-bond acceptors (Lipinski definition) is 4. The molecule has 1 aliphatic heterocycles. The van der Waals surface area contributed by atoms with Crippen molar-refractivity contribution in [2.45, 2.75) is 18.9 Å². The summed E-state index contributed by atoms with van der Waals surface area (Å²) in [4.78, 5) is 15.5. The third-order valence-corrected chi connectivity index (χ3v) is 3.65. The van der Waals surface area contributed by atoms with E-state index in [0.717, 1.165) is 25.9 Å². The van der Waals surface area contributed by atoms with Crippen molar-refractivity contribution < 1.29 is 14.3 Å². The second kappa shape index (κ2) is 5.66. The molecule has 1 aliphatic rings. The van der Waals surface area contributed by atoms with Gasteiger partial charge < -0.3 is 20.6 Å². The molecule has 0 aliphatic carbocycles. The molecule has 1 aromatic carbocycles. The van der Waals surface area contributed by atoms with Crippen LogP contribution in [0, 0.1) is 5.82 Å². The Bertz CT molecular complexity index is 519. The molecule has 0 aromatic heterocycles. The zero-order valence-electron chi connectivity index (χ0n) is 11.8. The van der Waals surface area contributed by atoms with Crippen LogP contribution in [0.2, 0.25) is 0 Å². The number of nitrogens with zero attached hydrogens (tertiary/aromatic N) is 2. The molecule has 0 radical (unpaired) electrons. The quantitative estimate of drug-likeness (QED) is 0.821. The number of benzene rings is 1. The van der Waals surface area contributed by atoms with Gasteiger partial charge in [0.1, 0.15) is 11.4 Å². The SMILES string of the molecule is CN(C)CC1CCCN1c1ccc(F)c(N)c1C(=O)O. The van der Waals surface area contributed by atoms with Gasteiger partial charge in [0.2, 0.25) is 0 Å². The predicted molar refractivity (Wildman–Crippen MR) is 76.7 cm³/mol. The van der Waals surface area contributed by atoms with Crippen LogP contribution in [0.5, 0.6) is 0 Å². The molecule has 3 N–H and O–H groups in total. The topological polar surface area (TPSA) is 69.8 Å². The average molecular weight is 281 g/mol. The van der Waals surface area contributed by atoms with Crippen molar-refractivity contribution in [1.82, 2.24) is 4.90 Å². The molecule has 20 heavy (non-hydrogen) atoms. The number of aromatic carboxylic acids is 1. The summed E-state index contributed by atoms with van der Waals surface area (Å²) in [6.07, 6.45) is 1.99. The normalized spacial score (nSPS) is 18.8. The summed E-state index contributed by atoms with van der Waals surface area (Å²) in [5.41, 5.74) is 5.70. The first-order valence-electron chi connectivity index (χ1n) is 6.64. The fraction of sp³-hybridized carbons (Fsp3) is 0.500. The minimum Gasteiger partial charge on any atom is -0.478 e. The summed E-state index contributed by atoms with van der Waals surface area (Å²) in [6, 6.07) is 2.98. The summed E-state index contributed by atoms with van der Waals surface area (Å²) in [6.45, 7) is 1.60. The molecule has 0 bridgehead atoms. The highest BCUT2D eigenvalue weighted by Crippen LogP contribution is 2.33.